The first-order valence-corrected chi connectivity index (χ1v) is 9.74. The highest BCUT2D eigenvalue weighted by atomic mass is 16.5. The van der Waals surface area contributed by atoms with E-state index in [1.54, 1.807) is 11.0 Å². The van der Waals surface area contributed by atoms with Gasteiger partial charge in [-0.1, -0.05) is 26.8 Å². The molecule has 1 saturated heterocycles. The second kappa shape index (κ2) is 5.90. The second-order valence-corrected chi connectivity index (χ2v) is 9.25. The van der Waals surface area contributed by atoms with Crippen molar-refractivity contribution in [1.82, 2.24) is 5.32 Å². The Kier molecular flexibility index (Phi) is 3.93. The van der Waals surface area contributed by atoms with Crippen LogP contribution in [0.25, 0.3) is 0 Å². The first-order chi connectivity index (χ1) is 13.0. The highest BCUT2D eigenvalue weighted by Crippen LogP contribution is 2.50. The molecule has 28 heavy (non-hydrogen) atoms. The van der Waals surface area contributed by atoms with Gasteiger partial charge in [-0.15, -0.1) is 0 Å². The number of benzene rings is 2. The summed E-state index contributed by atoms with van der Waals surface area (Å²) >= 11 is 0. The van der Waals surface area contributed by atoms with Crippen LogP contribution in [0, 0.1) is 13.8 Å². The molecular weight excluding hydrogens is 352 g/mol. The smallest absolute Gasteiger partial charge is 0.325 e. The van der Waals surface area contributed by atoms with Gasteiger partial charge < -0.3 is 15.2 Å². The third-order valence-electron chi connectivity index (χ3n) is 5.97. The van der Waals surface area contributed by atoms with Gasteiger partial charge in [-0.3, -0.25) is 4.90 Å². The summed E-state index contributed by atoms with van der Waals surface area (Å²) in [5, 5.41) is 13.8. The Hall–Kier alpha value is -2.69. The molecule has 5 nitrogen and oxygen atoms in total. The van der Waals surface area contributed by atoms with Crippen LogP contribution in [0.4, 0.5) is 10.5 Å². The molecule has 2 aliphatic rings. The van der Waals surface area contributed by atoms with Crippen molar-refractivity contribution in [2.45, 2.75) is 65.1 Å². The quantitative estimate of drug-likeness (QED) is 0.725. The maximum absolute atomic E-state index is 13.1. The first kappa shape index (κ1) is 18.7. The number of aryl methyl sites for hydroxylation is 2. The van der Waals surface area contributed by atoms with Gasteiger partial charge in [0.15, 0.2) is 17.2 Å². The maximum Gasteiger partial charge on any atom is 0.325 e. The number of anilines is 1. The van der Waals surface area contributed by atoms with Crippen molar-refractivity contribution in [2.75, 3.05) is 4.90 Å². The van der Waals surface area contributed by atoms with Gasteiger partial charge in [0.1, 0.15) is 0 Å². The van der Waals surface area contributed by atoms with Crippen LogP contribution in [0.15, 0.2) is 30.3 Å². The minimum Gasteiger partial charge on any atom is -0.504 e. The zero-order valence-electron chi connectivity index (χ0n) is 17.4. The van der Waals surface area contributed by atoms with Crippen LogP contribution in [0.3, 0.4) is 0 Å². The molecule has 2 aliphatic heterocycles. The minimum atomic E-state index is -0.873. The Morgan fingerprint density at radius 2 is 1.89 bits per heavy atom. The third-order valence-corrected chi connectivity index (χ3v) is 5.97. The predicted octanol–water partition coefficient (Wildman–Crippen LogP) is 5.08. The van der Waals surface area contributed by atoms with Crippen molar-refractivity contribution in [3.8, 4) is 11.5 Å². The van der Waals surface area contributed by atoms with E-state index in [9.17, 15) is 9.90 Å². The monoisotopic (exact) mass is 380 g/mol. The lowest BCUT2D eigenvalue weighted by atomic mass is 9.82. The molecule has 0 spiro atoms. The number of phenolic OH excluding ortho intramolecular Hbond substituents is 1. The lowest BCUT2D eigenvalue weighted by molar-refractivity contribution is 0.0348. The number of nitrogens with zero attached hydrogens (tertiary/aromatic N) is 1. The van der Waals surface area contributed by atoms with E-state index in [1.165, 1.54) is 5.56 Å². The van der Waals surface area contributed by atoms with E-state index in [-0.39, 0.29) is 23.2 Å². The van der Waals surface area contributed by atoms with Crippen molar-refractivity contribution in [3.05, 3.63) is 52.6 Å². The molecule has 5 heteroatoms. The predicted molar refractivity (Wildman–Crippen MR) is 110 cm³/mol. The molecule has 2 aromatic carbocycles. The first-order valence-electron chi connectivity index (χ1n) is 9.74. The number of phenols is 1. The molecule has 148 valence electrons. The summed E-state index contributed by atoms with van der Waals surface area (Å²) in [5.41, 5.74) is 3.95. The number of ether oxygens (including phenoxy) is 1. The summed E-state index contributed by atoms with van der Waals surface area (Å²) in [4.78, 5) is 14.7. The fourth-order valence-electron chi connectivity index (χ4n) is 4.14. The Bertz CT molecular complexity index is 977. The van der Waals surface area contributed by atoms with Gasteiger partial charge >= 0.3 is 6.03 Å². The SMILES string of the molecule is Cc1ccc(N2C(=O)NC3C[C@]2(C)Oc2c(O)cc(C(C)(C)C)cc23)cc1C. The van der Waals surface area contributed by atoms with Crippen molar-refractivity contribution < 1.29 is 14.6 Å². The Morgan fingerprint density at radius 3 is 2.54 bits per heavy atom. The van der Waals surface area contributed by atoms with Gasteiger partial charge in [0.25, 0.3) is 0 Å². The van der Waals surface area contributed by atoms with Crippen LogP contribution in [0.5, 0.6) is 11.5 Å². The van der Waals surface area contributed by atoms with Gasteiger partial charge in [0.05, 0.1) is 6.04 Å². The molecule has 2 heterocycles. The standard InChI is InChI=1S/C23H28N2O3/c1-13-7-8-16(9-14(13)2)25-21(27)24-18-12-23(25,6)28-20-17(18)10-15(11-19(20)26)22(3,4)5/h7-11,18,26H,12H2,1-6H3,(H,24,27)/t18?,23-/m0/s1. The number of hydrogen-bond donors (Lipinski definition) is 2. The molecule has 0 saturated carbocycles. The summed E-state index contributed by atoms with van der Waals surface area (Å²) in [6, 6.07) is 9.38. The Labute approximate surface area is 166 Å². The molecule has 0 aliphatic carbocycles. The summed E-state index contributed by atoms with van der Waals surface area (Å²) in [5.74, 6) is 0.579. The number of urea groups is 1. The number of nitrogens with one attached hydrogen (secondary N) is 1. The van der Waals surface area contributed by atoms with Gasteiger partial charge in [0, 0.05) is 17.7 Å². The lowest BCUT2D eigenvalue weighted by Crippen LogP contribution is -2.65. The number of amides is 2. The highest BCUT2D eigenvalue weighted by molar-refractivity contribution is 5.95. The molecular formula is C23H28N2O3. The molecule has 2 bridgehead atoms. The van der Waals surface area contributed by atoms with Gasteiger partial charge in [-0.25, -0.2) is 4.79 Å². The average molecular weight is 380 g/mol. The van der Waals surface area contributed by atoms with E-state index in [0.29, 0.717) is 12.2 Å². The third kappa shape index (κ3) is 2.81. The number of aromatic hydroxyl groups is 1. The highest BCUT2D eigenvalue weighted by Gasteiger charge is 2.50. The van der Waals surface area contributed by atoms with Crippen LogP contribution in [0.2, 0.25) is 0 Å². The summed E-state index contributed by atoms with van der Waals surface area (Å²) in [6.45, 7) is 12.3. The summed E-state index contributed by atoms with van der Waals surface area (Å²) in [7, 11) is 0. The number of carbonyl (C=O) groups is 1. The van der Waals surface area contributed by atoms with E-state index in [4.69, 9.17) is 4.74 Å². The maximum atomic E-state index is 13.1. The van der Waals surface area contributed by atoms with Crippen molar-refractivity contribution in [1.29, 1.82) is 0 Å². The van der Waals surface area contributed by atoms with Crippen LogP contribution >= 0.6 is 0 Å². The lowest BCUT2D eigenvalue weighted by Gasteiger charge is -2.51. The molecule has 2 N–H and O–H groups in total. The zero-order valence-corrected chi connectivity index (χ0v) is 17.4. The van der Waals surface area contributed by atoms with Gasteiger partial charge in [0.2, 0.25) is 0 Å². The van der Waals surface area contributed by atoms with Crippen molar-refractivity contribution in [2.24, 2.45) is 0 Å². The molecule has 0 aromatic heterocycles. The van der Waals surface area contributed by atoms with E-state index < -0.39 is 5.72 Å². The van der Waals surface area contributed by atoms with Crippen molar-refractivity contribution >= 4 is 11.7 Å². The fourth-order valence-corrected chi connectivity index (χ4v) is 4.14. The molecule has 2 atom stereocenters. The molecule has 0 radical (unpaired) electrons. The zero-order chi connectivity index (χ0) is 20.4. The Morgan fingerprint density at radius 1 is 1.18 bits per heavy atom. The number of rotatable bonds is 1. The van der Waals surface area contributed by atoms with E-state index in [0.717, 1.165) is 22.4 Å². The van der Waals surface area contributed by atoms with Crippen LogP contribution in [-0.4, -0.2) is 16.9 Å². The number of carbonyl (C=O) groups excluding carboxylic acids is 1. The van der Waals surface area contributed by atoms with E-state index >= 15 is 0 Å². The summed E-state index contributed by atoms with van der Waals surface area (Å²) < 4.78 is 6.31. The van der Waals surface area contributed by atoms with Crippen LogP contribution < -0.4 is 15.0 Å². The van der Waals surface area contributed by atoms with E-state index in [2.05, 4.69) is 26.1 Å². The van der Waals surface area contributed by atoms with Gasteiger partial charge in [-0.05, 0) is 67.1 Å². The second-order valence-electron chi connectivity index (χ2n) is 9.25. The molecule has 1 unspecified atom stereocenters. The largest absolute Gasteiger partial charge is 0.504 e. The van der Waals surface area contributed by atoms with E-state index in [1.807, 2.05) is 45.0 Å². The minimum absolute atomic E-state index is 0.114. The summed E-state index contributed by atoms with van der Waals surface area (Å²) in [6.07, 6.45) is 0.603. The fraction of sp³-hybridized carbons (Fsp3) is 0.435. The number of hydrogen-bond acceptors (Lipinski definition) is 3. The molecule has 2 amide bonds. The van der Waals surface area contributed by atoms with Gasteiger partial charge in [-0.2, -0.15) is 0 Å². The Balaban J connectivity index is 1.81. The molecule has 1 fully saturated rings. The molecule has 2 aromatic rings. The number of fused-ring (bicyclic) bond motifs is 4. The molecule has 4 rings (SSSR count). The topological polar surface area (TPSA) is 61.8 Å². The van der Waals surface area contributed by atoms with Crippen LogP contribution in [0.1, 0.15) is 62.4 Å². The van der Waals surface area contributed by atoms with Crippen molar-refractivity contribution in [3.63, 3.8) is 0 Å². The normalized spacial score (nSPS) is 23.7. The average Bonchev–Trinajstić information content (AvgIpc) is 2.57. The van der Waals surface area contributed by atoms with Crippen LogP contribution in [-0.2, 0) is 5.41 Å².